The van der Waals surface area contributed by atoms with E-state index in [-0.39, 0.29) is 5.56 Å². The van der Waals surface area contributed by atoms with Crippen LogP contribution < -0.4 is 10.5 Å². The highest BCUT2D eigenvalue weighted by Gasteiger charge is 2.37. The van der Waals surface area contributed by atoms with Gasteiger partial charge in [0.05, 0.1) is 12.6 Å². The topological polar surface area (TPSA) is 35.2 Å². The summed E-state index contributed by atoms with van der Waals surface area (Å²) in [6, 6.07) is 9.09. The van der Waals surface area contributed by atoms with Gasteiger partial charge in [-0.1, -0.05) is 6.07 Å². The molecule has 0 fully saturated rings. The first-order valence-corrected chi connectivity index (χ1v) is 6.96. The number of fused-ring (bicyclic) bond motifs is 1. The molecule has 0 radical (unpaired) electrons. The van der Waals surface area contributed by atoms with Gasteiger partial charge in [-0.15, -0.1) is 0 Å². The van der Waals surface area contributed by atoms with Crippen LogP contribution in [0.1, 0.15) is 29.5 Å². The maximum Gasteiger partial charge on any atom is 0.128 e. The van der Waals surface area contributed by atoms with Crippen molar-refractivity contribution in [1.29, 1.82) is 0 Å². The number of aryl methyl sites for hydroxylation is 1. The third-order valence-corrected chi connectivity index (χ3v) is 4.22. The normalized spacial score (nSPS) is 21.0. The Morgan fingerprint density at radius 3 is 2.67 bits per heavy atom. The summed E-state index contributed by atoms with van der Waals surface area (Å²) >= 11 is 0. The van der Waals surface area contributed by atoms with Gasteiger partial charge in [0.1, 0.15) is 17.4 Å². The van der Waals surface area contributed by atoms with E-state index in [1.54, 1.807) is 7.11 Å². The van der Waals surface area contributed by atoms with E-state index in [1.165, 1.54) is 6.07 Å². The number of nitrogens with two attached hydrogens (primary N) is 1. The van der Waals surface area contributed by atoms with Crippen LogP contribution in [0.3, 0.4) is 0 Å². The maximum atomic E-state index is 14.2. The predicted molar refractivity (Wildman–Crippen MR) is 77.3 cm³/mol. The van der Waals surface area contributed by atoms with Gasteiger partial charge in [0.15, 0.2) is 0 Å². The van der Waals surface area contributed by atoms with E-state index in [1.807, 2.05) is 18.2 Å². The smallest absolute Gasteiger partial charge is 0.128 e. The standard InChI is InChI=1S/C17H17F2NO/c1-21-13-6-4-11-3-2-8-17(20,14(11)10-13)15-9-12(18)5-7-16(15)19/h4-7,9-10H,2-3,8,20H2,1H3. The molecule has 2 aromatic carbocycles. The Bertz CT molecular complexity index is 686. The summed E-state index contributed by atoms with van der Waals surface area (Å²) in [7, 11) is 1.57. The zero-order valence-corrected chi connectivity index (χ0v) is 11.8. The SMILES string of the molecule is COc1ccc2c(c1)C(N)(c1cc(F)ccc1F)CCC2. The lowest BCUT2D eigenvalue weighted by Crippen LogP contribution is -2.42. The van der Waals surface area contributed by atoms with Crippen molar-refractivity contribution in [2.45, 2.75) is 24.8 Å². The van der Waals surface area contributed by atoms with Crippen LogP contribution in [0.25, 0.3) is 0 Å². The van der Waals surface area contributed by atoms with E-state index in [2.05, 4.69) is 0 Å². The highest BCUT2D eigenvalue weighted by molar-refractivity contribution is 5.48. The first kappa shape index (κ1) is 14.0. The minimum absolute atomic E-state index is 0.205. The molecule has 1 aliphatic carbocycles. The number of halogens is 2. The number of benzene rings is 2. The molecule has 0 heterocycles. The largest absolute Gasteiger partial charge is 0.497 e. The molecule has 0 saturated heterocycles. The monoisotopic (exact) mass is 289 g/mol. The van der Waals surface area contributed by atoms with Crippen molar-refractivity contribution >= 4 is 0 Å². The average molecular weight is 289 g/mol. The van der Waals surface area contributed by atoms with Gasteiger partial charge < -0.3 is 10.5 Å². The summed E-state index contributed by atoms with van der Waals surface area (Å²) in [6.07, 6.45) is 2.30. The molecule has 21 heavy (non-hydrogen) atoms. The van der Waals surface area contributed by atoms with Crippen molar-refractivity contribution in [3.63, 3.8) is 0 Å². The molecule has 0 bridgehead atoms. The van der Waals surface area contributed by atoms with Crippen LogP contribution in [0.2, 0.25) is 0 Å². The Hall–Kier alpha value is -1.94. The fraction of sp³-hybridized carbons (Fsp3) is 0.294. The molecule has 0 spiro atoms. The molecule has 110 valence electrons. The van der Waals surface area contributed by atoms with E-state index in [0.29, 0.717) is 12.2 Å². The Morgan fingerprint density at radius 1 is 1.10 bits per heavy atom. The lowest BCUT2D eigenvalue weighted by Gasteiger charge is -2.36. The maximum absolute atomic E-state index is 14.2. The molecule has 1 aliphatic rings. The second kappa shape index (κ2) is 5.11. The summed E-state index contributed by atoms with van der Waals surface area (Å²) < 4.78 is 33.0. The van der Waals surface area contributed by atoms with Crippen LogP contribution >= 0.6 is 0 Å². The molecule has 0 aliphatic heterocycles. The second-order valence-electron chi connectivity index (χ2n) is 5.47. The van der Waals surface area contributed by atoms with E-state index in [0.717, 1.165) is 36.1 Å². The van der Waals surface area contributed by atoms with E-state index in [9.17, 15) is 8.78 Å². The molecule has 2 nitrogen and oxygen atoms in total. The molecule has 3 rings (SSSR count). The Kier molecular flexibility index (Phi) is 3.41. The van der Waals surface area contributed by atoms with Crippen molar-refractivity contribution in [1.82, 2.24) is 0 Å². The van der Waals surface area contributed by atoms with Crippen molar-refractivity contribution in [3.05, 3.63) is 64.7 Å². The fourth-order valence-corrected chi connectivity index (χ4v) is 3.13. The molecular weight excluding hydrogens is 272 g/mol. The minimum atomic E-state index is -1.02. The van der Waals surface area contributed by atoms with Crippen molar-refractivity contribution in [2.75, 3.05) is 7.11 Å². The summed E-state index contributed by atoms with van der Waals surface area (Å²) in [4.78, 5) is 0. The number of ether oxygens (including phenoxy) is 1. The van der Waals surface area contributed by atoms with Crippen LogP contribution in [-0.2, 0) is 12.0 Å². The van der Waals surface area contributed by atoms with Gasteiger partial charge in [0.25, 0.3) is 0 Å². The van der Waals surface area contributed by atoms with Gasteiger partial charge in [0.2, 0.25) is 0 Å². The number of hydrogen-bond acceptors (Lipinski definition) is 2. The lowest BCUT2D eigenvalue weighted by molar-refractivity contribution is 0.398. The molecule has 0 saturated carbocycles. The molecule has 1 atom stereocenters. The number of rotatable bonds is 2. The van der Waals surface area contributed by atoms with E-state index < -0.39 is 17.2 Å². The van der Waals surface area contributed by atoms with E-state index in [4.69, 9.17) is 10.5 Å². The fourth-order valence-electron chi connectivity index (χ4n) is 3.13. The first-order valence-electron chi connectivity index (χ1n) is 6.96. The summed E-state index contributed by atoms with van der Waals surface area (Å²) in [5.74, 6) is -0.289. The zero-order valence-electron chi connectivity index (χ0n) is 11.8. The van der Waals surface area contributed by atoms with Gasteiger partial charge in [-0.05, 0) is 60.7 Å². The molecular formula is C17H17F2NO. The highest BCUT2D eigenvalue weighted by Crippen LogP contribution is 2.41. The second-order valence-corrected chi connectivity index (χ2v) is 5.47. The third kappa shape index (κ3) is 2.29. The summed E-state index contributed by atoms with van der Waals surface area (Å²) in [6.45, 7) is 0. The number of hydrogen-bond donors (Lipinski definition) is 1. The molecule has 0 aromatic heterocycles. The van der Waals surface area contributed by atoms with Gasteiger partial charge in [0, 0.05) is 5.56 Å². The van der Waals surface area contributed by atoms with E-state index >= 15 is 0 Å². The minimum Gasteiger partial charge on any atom is -0.497 e. The Labute approximate surface area is 122 Å². The van der Waals surface area contributed by atoms with Crippen molar-refractivity contribution < 1.29 is 13.5 Å². The molecule has 0 amide bonds. The van der Waals surface area contributed by atoms with Gasteiger partial charge >= 0.3 is 0 Å². The van der Waals surface area contributed by atoms with Crippen LogP contribution in [0.4, 0.5) is 8.78 Å². The van der Waals surface area contributed by atoms with Crippen molar-refractivity contribution in [3.8, 4) is 5.75 Å². The Morgan fingerprint density at radius 2 is 1.90 bits per heavy atom. The van der Waals surface area contributed by atoms with Gasteiger partial charge in [-0.2, -0.15) is 0 Å². The number of methoxy groups -OCH3 is 1. The first-order chi connectivity index (χ1) is 10.0. The summed E-state index contributed by atoms with van der Waals surface area (Å²) in [5.41, 5.74) is 7.59. The molecule has 4 heteroatoms. The molecule has 2 N–H and O–H groups in total. The average Bonchev–Trinajstić information content (AvgIpc) is 2.50. The molecule has 2 aromatic rings. The zero-order chi connectivity index (χ0) is 15.0. The van der Waals surface area contributed by atoms with Gasteiger partial charge in [-0.25, -0.2) is 8.78 Å². The highest BCUT2D eigenvalue weighted by atomic mass is 19.1. The molecule has 1 unspecified atom stereocenters. The lowest BCUT2D eigenvalue weighted by atomic mass is 9.73. The van der Waals surface area contributed by atoms with Crippen LogP contribution in [-0.4, -0.2) is 7.11 Å². The van der Waals surface area contributed by atoms with Crippen molar-refractivity contribution in [2.24, 2.45) is 5.73 Å². The third-order valence-electron chi connectivity index (χ3n) is 4.22. The quantitative estimate of drug-likeness (QED) is 0.918. The van der Waals surface area contributed by atoms with Crippen LogP contribution in [0.15, 0.2) is 36.4 Å². The van der Waals surface area contributed by atoms with Crippen LogP contribution in [0, 0.1) is 11.6 Å². The summed E-state index contributed by atoms with van der Waals surface area (Å²) in [5, 5.41) is 0. The van der Waals surface area contributed by atoms with Crippen LogP contribution in [0.5, 0.6) is 5.75 Å². The van der Waals surface area contributed by atoms with Gasteiger partial charge in [-0.3, -0.25) is 0 Å². The predicted octanol–water partition coefficient (Wildman–Crippen LogP) is 3.51. The Balaban J connectivity index is 2.21.